The van der Waals surface area contributed by atoms with Crippen LogP contribution in [0, 0.1) is 0 Å². The Bertz CT molecular complexity index is 462. The highest BCUT2D eigenvalue weighted by Crippen LogP contribution is 2.48. The van der Waals surface area contributed by atoms with E-state index in [1.165, 1.54) is 0 Å². The summed E-state index contributed by atoms with van der Waals surface area (Å²) in [6, 6.07) is 7.64. The smallest absolute Gasteiger partial charge is 0.244 e. The molecule has 0 aromatic heterocycles. The van der Waals surface area contributed by atoms with Gasteiger partial charge in [-0.1, -0.05) is 12.1 Å². The molecule has 0 spiro atoms. The van der Waals surface area contributed by atoms with E-state index in [1.807, 2.05) is 29.3 Å². The summed E-state index contributed by atoms with van der Waals surface area (Å²) < 4.78 is 5.27. The molecule has 1 saturated carbocycles. The average Bonchev–Trinajstić information content (AvgIpc) is 3.22. The van der Waals surface area contributed by atoms with Gasteiger partial charge in [0.25, 0.3) is 0 Å². The summed E-state index contributed by atoms with van der Waals surface area (Å²) >= 11 is 0. The molecule has 5 nitrogen and oxygen atoms in total. The maximum Gasteiger partial charge on any atom is 0.244 e. The van der Waals surface area contributed by atoms with Gasteiger partial charge < -0.3 is 10.5 Å². The topological polar surface area (TPSA) is 67.6 Å². The first-order valence-corrected chi connectivity index (χ1v) is 6.70. The number of morpholine rings is 1. The fraction of sp³-hybridized carbons (Fsp3) is 0.500. The third-order valence-electron chi connectivity index (χ3n) is 3.92. The van der Waals surface area contributed by atoms with Gasteiger partial charge in [0, 0.05) is 18.8 Å². The number of nitrogens with zero attached hydrogens (tertiary/aromatic N) is 1. The number of nitrogens with one attached hydrogen (secondary N) is 1. The van der Waals surface area contributed by atoms with E-state index >= 15 is 0 Å². The normalized spacial score (nSPS) is 21.9. The number of hydrogen-bond donors (Lipinski definition) is 2. The molecule has 0 bridgehead atoms. The molecule has 2 fully saturated rings. The summed E-state index contributed by atoms with van der Waals surface area (Å²) in [6.45, 7) is 2.86. The fourth-order valence-corrected chi connectivity index (χ4v) is 2.50. The largest absolute Gasteiger partial charge is 0.399 e. The van der Waals surface area contributed by atoms with Crippen LogP contribution in [-0.2, 0) is 14.9 Å². The van der Waals surface area contributed by atoms with Gasteiger partial charge >= 0.3 is 0 Å². The van der Waals surface area contributed by atoms with Crippen molar-refractivity contribution in [2.45, 2.75) is 18.3 Å². The summed E-state index contributed by atoms with van der Waals surface area (Å²) in [7, 11) is 0. The number of nitrogens with two attached hydrogens (primary N) is 1. The second-order valence-corrected chi connectivity index (χ2v) is 5.24. The quantitative estimate of drug-likeness (QED) is 0.785. The van der Waals surface area contributed by atoms with Gasteiger partial charge in [0.15, 0.2) is 0 Å². The molecule has 2 aliphatic rings. The number of benzene rings is 1. The number of anilines is 1. The van der Waals surface area contributed by atoms with E-state index in [0.717, 1.165) is 37.2 Å². The molecular formula is C14H19N3O2. The van der Waals surface area contributed by atoms with Crippen LogP contribution in [0.2, 0.25) is 0 Å². The highest BCUT2D eigenvalue weighted by Gasteiger charge is 2.51. The SMILES string of the molecule is Nc1ccc(C2(C(=O)NN3CCOCC3)CC2)cc1. The number of rotatable bonds is 3. The van der Waals surface area contributed by atoms with Gasteiger partial charge in [-0.3, -0.25) is 10.2 Å². The van der Waals surface area contributed by atoms with E-state index in [1.54, 1.807) is 0 Å². The zero-order valence-electron chi connectivity index (χ0n) is 10.9. The first kappa shape index (κ1) is 12.4. The van der Waals surface area contributed by atoms with Crippen molar-refractivity contribution in [1.82, 2.24) is 10.4 Å². The van der Waals surface area contributed by atoms with Crippen molar-refractivity contribution in [2.24, 2.45) is 0 Å². The van der Waals surface area contributed by atoms with Crippen molar-refractivity contribution in [3.63, 3.8) is 0 Å². The van der Waals surface area contributed by atoms with E-state index < -0.39 is 0 Å². The second-order valence-electron chi connectivity index (χ2n) is 5.24. The lowest BCUT2D eigenvalue weighted by molar-refractivity contribution is -0.130. The molecular weight excluding hydrogens is 242 g/mol. The monoisotopic (exact) mass is 261 g/mol. The summed E-state index contributed by atoms with van der Waals surface area (Å²) in [4.78, 5) is 12.5. The average molecular weight is 261 g/mol. The summed E-state index contributed by atoms with van der Waals surface area (Å²) in [5, 5.41) is 1.95. The van der Waals surface area contributed by atoms with Crippen LogP contribution in [0.1, 0.15) is 18.4 Å². The predicted octanol–water partition coefficient (Wildman–Crippen LogP) is 0.664. The summed E-state index contributed by atoms with van der Waals surface area (Å²) in [5.41, 5.74) is 10.2. The van der Waals surface area contributed by atoms with E-state index in [-0.39, 0.29) is 11.3 Å². The number of carbonyl (C=O) groups is 1. The highest BCUT2D eigenvalue weighted by molar-refractivity contribution is 5.91. The standard InChI is InChI=1S/C14H19N3O2/c15-12-3-1-11(2-4-12)14(5-6-14)13(18)16-17-7-9-19-10-8-17/h1-4H,5-10,15H2,(H,16,18). The van der Waals surface area contributed by atoms with Crippen LogP contribution < -0.4 is 11.2 Å². The zero-order valence-corrected chi connectivity index (χ0v) is 10.9. The van der Waals surface area contributed by atoms with Gasteiger partial charge in [0.2, 0.25) is 5.91 Å². The molecule has 5 heteroatoms. The van der Waals surface area contributed by atoms with Crippen molar-refractivity contribution >= 4 is 11.6 Å². The molecule has 1 aromatic rings. The maximum absolute atomic E-state index is 12.5. The molecule has 1 heterocycles. The fourth-order valence-electron chi connectivity index (χ4n) is 2.50. The summed E-state index contributed by atoms with van der Waals surface area (Å²) in [5.74, 6) is 0.0965. The molecule has 0 atom stereocenters. The van der Waals surface area contributed by atoms with Gasteiger partial charge in [-0.15, -0.1) is 0 Å². The Kier molecular flexibility index (Phi) is 3.16. The van der Waals surface area contributed by atoms with Gasteiger partial charge in [-0.25, -0.2) is 5.01 Å². The van der Waals surface area contributed by atoms with Gasteiger partial charge in [-0.2, -0.15) is 0 Å². The Labute approximate surface area is 112 Å². The number of nitrogen functional groups attached to an aromatic ring is 1. The van der Waals surface area contributed by atoms with Crippen LogP contribution in [0.25, 0.3) is 0 Å². The molecule has 0 unspecified atom stereocenters. The molecule has 1 amide bonds. The van der Waals surface area contributed by atoms with Gasteiger partial charge in [-0.05, 0) is 30.5 Å². The Morgan fingerprint density at radius 3 is 2.42 bits per heavy atom. The lowest BCUT2D eigenvalue weighted by atomic mass is 9.95. The number of carbonyl (C=O) groups excluding carboxylic acids is 1. The predicted molar refractivity (Wildman–Crippen MR) is 72.3 cm³/mol. The molecule has 102 valence electrons. The molecule has 3 N–H and O–H groups in total. The number of hydrogen-bond acceptors (Lipinski definition) is 4. The molecule has 1 saturated heterocycles. The molecule has 1 aliphatic carbocycles. The Morgan fingerprint density at radius 2 is 1.84 bits per heavy atom. The summed E-state index contributed by atoms with van der Waals surface area (Å²) in [6.07, 6.45) is 1.82. The van der Waals surface area contributed by atoms with Gasteiger partial charge in [0.1, 0.15) is 0 Å². The molecule has 0 radical (unpaired) electrons. The number of ether oxygens (including phenoxy) is 1. The van der Waals surface area contributed by atoms with Crippen molar-refractivity contribution in [1.29, 1.82) is 0 Å². The van der Waals surface area contributed by atoms with Crippen molar-refractivity contribution in [3.05, 3.63) is 29.8 Å². The maximum atomic E-state index is 12.5. The molecule has 3 rings (SSSR count). The molecule has 1 aliphatic heterocycles. The van der Waals surface area contributed by atoms with Crippen molar-refractivity contribution in [3.8, 4) is 0 Å². The Balaban J connectivity index is 1.70. The first-order valence-electron chi connectivity index (χ1n) is 6.70. The van der Waals surface area contributed by atoms with Crippen LogP contribution in [0.4, 0.5) is 5.69 Å². The van der Waals surface area contributed by atoms with Gasteiger partial charge in [0.05, 0.1) is 18.6 Å². The lowest BCUT2D eigenvalue weighted by Gasteiger charge is -2.29. The third-order valence-corrected chi connectivity index (χ3v) is 3.92. The number of hydrazine groups is 1. The second kappa shape index (κ2) is 4.83. The first-order chi connectivity index (χ1) is 9.21. The van der Waals surface area contributed by atoms with Crippen LogP contribution >= 0.6 is 0 Å². The van der Waals surface area contributed by atoms with E-state index in [2.05, 4.69) is 5.43 Å². The number of amides is 1. The van der Waals surface area contributed by atoms with E-state index in [4.69, 9.17) is 10.5 Å². The van der Waals surface area contributed by atoms with Crippen molar-refractivity contribution < 1.29 is 9.53 Å². The Hall–Kier alpha value is -1.59. The van der Waals surface area contributed by atoms with Crippen molar-refractivity contribution in [2.75, 3.05) is 32.0 Å². The van der Waals surface area contributed by atoms with Crippen LogP contribution in [0.3, 0.4) is 0 Å². The minimum Gasteiger partial charge on any atom is -0.399 e. The minimum atomic E-state index is -0.341. The molecule has 1 aromatic carbocycles. The molecule has 19 heavy (non-hydrogen) atoms. The van der Waals surface area contributed by atoms with E-state index in [0.29, 0.717) is 13.2 Å². The van der Waals surface area contributed by atoms with Crippen LogP contribution in [-0.4, -0.2) is 37.2 Å². The lowest BCUT2D eigenvalue weighted by Crippen LogP contribution is -2.51. The van der Waals surface area contributed by atoms with E-state index in [9.17, 15) is 4.79 Å². The zero-order chi connectivity index (χ0) is 13.3. The highest BCUT2D eigenvalue weighted by atomic mass is 16.5. The third kappa shape index (κ3) is 2.43. The van der Waals surface area contributed by atoms with Crippen LogP contribution in [0.5, 0.6) is 0 Å². The minimum absolute atomic E-state index is 0.0965. The van der Waals surface area contributed by atoms with Crippen LogP contribution in [0.15, 0.2) is 24.3 Å². The Morgan fingerprint density at radius 1 is 1.21 bits per heavy atom.